The molecule has 0 aromatic heterocycles. The zero-order valence-electron chi connectivity index (χ0n) is 10.9. The normalized spacial score (nSPS) is 12.8. The monoisotopic (exact) mass is 373 g/mol. The largest absolute Gasteiger partial charge is 0.453 e. The lowest BCUT2D eigenvalue weighted by Crippen LogP contribution is -2.16. The van der Waals surface area contributed by atoms with Gasteiger partial charge in [0.05, 0.1) is 11.4 Å². The smallest absolute Gasteiger partial charge is 0.151 e. The summed E-state index contributed by atoms with van der Waals surface area (Å²) in [6.45, 7) is 0. The molecule has 3 heteroatoms. The van der Waals surface area contributed by atoms with Crippen molar-refractivity contribution >= 4 is 44.7 Å². The van der Waals surface area contributed by atoms with Crippen molar-refractivity contribution in [2.75, 3.05) is 11.9 Å². The second kappa shape index (κ2) is 4.38. The van der Waals surface area contributed by atoms with Crippen LogP contribution >= 0.6 is 22.6 Å². The number of ether oxygens (including phenoxy) is 1. The number of benzene rings is 3. The summed E-state index contributed by atoms with van der Waals surface area (Å²) in [6, 6.07) is 18.8. The van der Waals surface area contributed by atoms with E-state index in [2.05, 4.69) is 83.1 Å². The van der Waals surface area contributed by atoms with Gasteiger partial charge in [-0.25, -0.2) is 0 Å². The van der Waals surface area contributed by atoms with E-state index in [1.54, 1.807) is 0 Å². The number of hydrogen-bond donors (Lipinski definition) is 0. The molecule has 0 unspecified atom stereocenters. The van der Waals surface area contributed by atoms with Crippen LogP contribution in [0.25, 0.3) is 10.8 Å². The van der Waals surface area contributed by atoms with Gasteiger partial charge in [0, 0.05) is 16.0 Å². The van der Waals surface area contributed by atoms with Gasteiger partial charge < -0.3 is 9.64 Å². The first-order valence-electron chi connectivity index (χ1n) is 6.47. The molecule has 0 amide bonds. The number of halogens is 1. The lowest BCUT2D eigenvalue weighted by molar-refractivity contribution is 0.476. The SMILES string of the molecule is CN1c2cc(I)ccc2Oc2ccc3ccccc3c21. The maximum atomic E-state index is 6.07. The molecule has 3 aromatic carbocycles. The average Bonchev–Trinajstić information content (AvgIpc) is 2.48. The molecule has 1 aliphatic heterocycles. The Morgan fingerprint density at radius 2 is 1.75 bits per heavy atom. The number of anilines is 2. The van der Waals surface area contributed by atoms with E-state index in [9.17, 15) is 0 Å². The molecule has 1 aliphatic rings. The minimum Gasteiger partial charge on any atom is -0.453 e. The Bertz CT molecular complexity index is 828. The van der Waals surface area contributed by atoms with E-state index in [0.29, 0.717) is 0 Å². The summed E-state index contributed by atoms with van der Waals surface area (Å²) in [5.41, 5.74) is 2.25. The Morgan fingerprint density at radius 3 is 2.65 bits per heavy atom. The van der Waals surface area contributed by atoms with Crippen LogP contribution in [0.1, 0.15) is 0 Å². The van der Waals surface area contributed by atoms with Gasteiger partial charge in [-0.05, 0) is 52.2 Å². The van der Waals surface area contributed by atoms with E-state index in [-0.39, 0.29) is 0 Å². The first-order chi connectivity index (χ1) is 9.74. The van der Waals surface area contributed by atoms with Gasteiger partial charge in [0.1, 0.15) is 0 Å². The third-order valence-electron chi connectivity index (χ3n) is 3.70. The molecule has 0 atom stereocenters. The molecule has 3 aromatic rings. The predicted molar refractivity (Wildman–Crippen MR) is 91.2 cm³/mol. The van der Waals surface area contributed by atoms with Crippen LogP contribution in [0.2, 0.25) is 0 Å². The van der Waals surface area contributed by atoms with E-state index >= 15 is 0 Å². The first-order valence-corrected chi connectivity index (χ1v) is 7.55. The predicted octanol–water partition coefficient (Wildman–Crippen LogP) is 5.32. The van der Waals surface area contributed by atoms with Crippen molar-refractivity contribution < 1.29 is 4.74 Å². The van der Waals surface area contributed by atoms with E-state index in [4.69, 9.17) is 4.74 Å². The summed E-state index contributed by atoms with van der Waals surface area (Å²) < 4.78 is 7.27. The van der Waals surface area contributed by atoms with Crippen LogP contribution in [0.5, 0.6) is 11.5 Å². The summed E-state index contributed by atoms with van der Waals surface area (Å²) in [6.07, 6.45) is 0. The zero-order chi connectivity index (χ0) is 13.7. The van der Waals surface area contributed by atoms with Gasteiger partial charge in [0.15, 0.2) is 11.5 Å². The minimum absolute atomic E-state index is 0.913. The average molecular weight is 373 g/mol. The van der Waals surface area contributed by atoms with E-state index in [1.807, 2.05) is 6.07 Å². The molecule has 0 radical (unpaired) electrons. The first kappa shape index (κ1) is 12.0. The number of hydrogen-bond acceptors (Lipinski definition) is 2. The van der Waals surface area contributed by atoms with E-state index < -0.39 is 0 Å². The molecular formula is C17H12INO. The van der Waals surface area contributed by atoms with Gasteiger partial charge in [-0.1, -0.05) is 30.3 Å². The second-order valence-electron chi connectivity index (χ2n) is 4.91. The van der Waals surface area contributed by atoms with Crippen LogP contribution in [0, 0.1) is 3.57 Å². The maximum absolute atomic E-state index is 6.07. The zero-order valence-corrected chi connectivity index (χ0v) is 13.1. The Hall–Kier alpha value is -1.75. The Kier molecular flexibility index (Phi) is 2.63. The minimum atomic E-state index is 0.913. The number of nitrogens with zero attached hydrogens (tertiary/aromatic N) is 1. The van der Waals surface area contributed by atoms with Gasteiger partial charge in [-0.2, -0.15) is 0 Å². The van der Waals surface area contributed by atoms with Crippen molar-refractivity contribution in [3.8, 4) is 11.5 Å². The Labute approximate surface area is 131 Å². The molecule has 1 heterocycles. The van der Waals surface area contributed by atoms with Crippen molar-refractivity contribution in [2.45, 2.75) is 0 Å². The van der Waals surface area contributed by atoms with Crippen LogP contribution in [-0.4, -0.2) is 7.05 Å². The summed E-state index contributed by atoms with van der Waals surface area (Å²) in [5.74, 6) is 1.83. The van der Waals surface area contributed by atoms with Crippen LogP contribution in [0.4, 0.5) is 11.4 Å². The number of fused-ring (bicyclic) bond motifs is 4. The van der Waals surface area contributed by atoms with Crippen LogP contribution in [-0.2, 0) is 0 Å². The van der Waals surface area contributed by atoms with Crippen LogP contribution in [0.15, 0.2) is 54.6 Å². The summed E-state index contributed by atoms with van der Waals surface area (Å²) in [4.78, 5) is 2.22. The second-order valence-corrected chi connectivity index (χ2v) is 6.15. The lowest BCUT2D eigenvalue weighted by atomic mass is 10.1. The maximum Gasteiger partial charge on any atom is 0.151 e. The fourth-order valence-corrected chi connectivity index (χ4v) is 3.22. The van der Waals surface area contributed by atoms with Gasteiger partial charge in [-0.3, -0.25) is 0 Å². The van der Waals surface area contributed by atoms with Gasteiger partial charge in [0.2, 0.25) is 0 Å². The summed E-state index contributed by atoms with van der Waals surface area (Å²) in [5, 5.41) is 2.45. The van der Waals surface area contributed by atoms with Crippen LogP contribution in [0.3, 0.4) is 0 Å². The highest BCUT2D eigenvalue weighted by Gasteiger charge is 2.23. The van der Waals surface area contributed by atoms with Crippen molar-refractivity contribution in [3.63, 3.8) is 0 Å². The molecular weight excluding hydrogens is 361 g/mol. The van der Waals surface area contributed by atoms with Gasteiger partial charge in [0.25, 0.3) is 0 Å². The molecule has 2 nitrogen and oxygen atoms in total. The van der Waals surface area contributed by atoms with Crippen molar-refractivity contribution in [2.24, 2.45) is 0 Å². The third kappa shape index (κ3) is 1.69. The lowest BCUT2D eigenvalue weighted by Gasteiger charge is -2.31. The van der Waals surface area contributed by atoms with Crippen molar-refractivity contribution in [1.29, 1.82) is 0 Å². The fraction of sp³-hybridized carbons (Fsp3) is 0.0588. The molecule has 0 saturated heterocycles. The molecule has 20 heavy (non-hydrogen) atoms. The molecule has 0 saturated carbocycles. The molecule has 0 bridgehead atoms. The standard InChI is InChI=1S/C17H12INO/c1-19-14-10-12(18)7-9-15(14)20-16-8-6-11-4-2-3-5-13(11)17(16)19/h2-10H,1H3. The molecule has 4 rings (SSSR count). The topological polar surface area (TPSA) is 12.5 Å². The highest BCUT2D eigenvalue weighted by atomic mass is 127. The Balaban J connectivity index is 2.02. The highest BCUT2D eigenvalue weighted by Crippen LogP contribution is 2.49. The highest BCUT2D eigenvalue weighted by molar-refractivity contribution is 14.1. The van der Waals surface area contributed by atoms with E-state index in [1.165, 1.54) is 14.3 Å². The molecule has 0 aliphatic carbocycles. The molecule has 0 fully saturated rings. The summed E-state index contributed by atoms with van der Waals surface area (Å²) >= 11 is 2.33. The quantitative estimate of drug-likeness (QED) is 0.495. The van der Waals surface area contributed by atoms with Gasteiger partial charge in [-0.15, -0.1) is 0 Å². The Morgan fingerprint density at radius 1 is 0.950 bits per heavy atom. The number of rotatable bonds is 0. The molecule has 98 valence electrons. The fourth-order valence-electron chi connectivity index (χ4n) is 2.74. The van der Waals surface area contributed by atoms with E-state index in [0.717, 1.165) is 22.9 Å². The molecule has 0 spiro atoms. The van der Waals surface area contributed by atoms with Crippen LogP contribution < -0.4 is 9.64 Å². The van der Waals surface area contributed by atoms with Crippen molar-refractivity contribution in [1.82, 2.24) is 0 Å². The summed E-state index contributed by atoms with van der Waals surface area (Å²) in [7, 11) is 2.10. The molecule has 0 N–H and O–H groups in total. The van der Waals surface area contributed by atoms with Gasteiger partial charge >= 0.3 is 0 Å². The van der Waals surface area contributed by atoms with Crippen molar-refractivity contribution in [3.05, 3.63) is 58.2 Å². The third-order valence-corrected chi connectivity index (χ3v) is 4.37.